The third-order valence-electron chi connectivity index (χ3n) is 1.98. The maximum absolute atomic E-state index is 8.31. The molecule has 0 saturated heterocycles. The van der Waals surface area contributed by atoms with Crippen molar-refractivity contribution in [1.82, 2.24) is 0 Å². The molecule has 0 rings (SSSR count). The van der Waals surface area contributed by atoms with E-state index in [4.69, 9.17) is 18.5 Å². The van der Waals surface area contributed by atoms with Crippen molar-refractivity contribution in [2.75, 3.05) is 27.1 Å². The van der Waals surface area contributed by atoms with E-state index in [1.165, 1.54) is 11.8 Å². The first kappa shape index (κ1) is 13.9. The molecule has 0 N–H and O–H groups in total. The van der Waals surface area contributed by atoms with Crippen LogP contribution in [0.25, 0.3) is 0 Å². The highest BCUT2D eigenvalue weighted by molar-refractivity contribution is 8.03. The lowest BCUT2D eigenvalue weighted by molar-refractivity contribution is 0.123. The van der Waals surface area contributed by atoms with E-state index < -0.39 is 8.80 Å². The van der Waals surface area contributed by atoms with E-state index in [2.05, 4.69) is 0 Å². The molecule has 0 saturated carbocycles. The Hall–Kier alpha value is -0.0631. The third kappa shape index (κ3) is 4.98. The number of thioether (sulfide) groups is 1. The number of nitrogens with zero attached hydrogens (tertiary/aromatic N) is 1. The fraction of sp³-hybridized carbons (Fsp3) is 0.875. The van der Waals surface area contributed by atoms with Crippen molar-refractivity contribution in [1.29, 1.82) is 5.26 Å². The zero-order valence-electron chi connectivity index (χ0n) is 8.91. The van der Waals surface area contributed by atoms with Crippen LogP contribution in [-0.2, 0) is 13.3 Å². The van der Waals surface area contributed by atoms with E-state index in [9.17, 15) is 0 Å². The van der Waals surface area contributed by atoms with Crippen molar-refractivity contribution >= 4 is 20.6 Å². The molecular weight excluding hydrogens is 218 g/mol. The maximum atomic E-state index is 8.31. The average Bonchev–Trinajstić information content (AvgIpc) is 2.24. The van der Waals surface area contributed by atoms with Gasteiger partial charge >= 0.3 is 8.80 Å². The van der Waals surface area contributed by atoms with Crippen LogP contribution in [0.2, 0.25) is 6.04 Å². The molecule has 0 aromatic heterocycles. The summed E-state index contributed by atoms with van der Waals surface area (Å²) in [5.41, 5.74) is 0. The first-order chi connectivity index (χ1) is 6.74. The second kappa shape index (κ2) is 8.26. The Morgan fingerprint density at radius 1 is 1.14 bits per heavy atom. The molecule has 0 amide bonds. The summed E-state index contributed by atoms with van der Waals surface area (Å²) in [5.74, 6) is 0.859. The lowest BCUT2D eigenvalue weighted by Crippen LogP contribution is -2.42. The zero-order chi connectivity index (χ0) is 10.9. The van der Waals surface area contributed by atoms with Gasteiger partial charge in [-0.25, -0.2) is 0 Å². The molecule has 0 aromatic rings. The van der Waals surface area contributed by atoms with E-state index in [0.29, 0.717) is 0 Å². The average molecular weight is 235 g/mol. The summed E-state index contributed by atoms with van der Waals surface area (Å²) < 4.78 is 15.8. The SMILES string of the molecule is CO[Si](CCCCSC#N)(OC)OC. The molecule has 0 atom stereocenters. The van der Waals surface area contributed by atoms with Gasteiger partial charge in [-0.2, -0.15) is 5.26 Å². The second-order valence-corrected chi connectivity index (χ2v) is 6.66. The summed E-state index contributed by atoms with van der Waals surface area (Å²) in [4.78, 5) is 0. The molecule has 0 radical (unpaired) electrons. The molecule has 14 heavy (non-hydrogen) atoms. The van der Waals surface area contributed by atoms with E-state index in [1.807, 2.05) is 5.40 Å². The number of nitriles is 1. The van der Waals surface area contributed by atoms with E-state index in [0.717, 1.165) is 24.6 Å². The lowest BCUT2D eigenvalue weighted by atomic mass is 10.4. The molecule has 0 fully saturated rings. The van der Waals surface area contributed by atoms with Crippen LogP contribution in [0, 0.1) is 10.7 Å². The Morgan fingerprint density at radius 3 is 2.14 bits per heavy atom. The van der Waals surface area contributed by atoms with Gasteiger partial charge in [0.2, 0.25) is 0 Å². The predicted molar refractivity (Wildman–Crippen MR) is 58.9 cm³/mol. The van der Waals surface area contributed by atoms with Gasteiger partial charge in [0.05, 0.1) is 0 Å². The van der Waals surface area contributed by atoms with Crippen molar-refractivity contribution in [3.8, 4) is 5.40 Å². The van der Waals surface area contributed by atoms with Crippen LogP contribution in [-0.4, -0.2) is 35.9 Å². The van der Waals surface area contributed by atoms with Gasteiger partial charge < -0.3 is 13.3 Å². The number of hydrogen-bond acceptors (Lipinski definition) is 5. The Labute approximate surface area is 90.9 Å². The van der Waals surface area contributed by atoms with Crippen LogP contribution in [0.1, 0.15) is 12.8 Å². The standard InChI is InChI=1S/C8H17NO3SSi/c1-10-14(11-2,12-3)7-5-4-6-13-8-9/h4-7H2,1-3H3. The van der Waals surface area contributed by atoms with Crippen LogP contribution in [0.3, 0.4) is 0 Å². The van der Waals surface area contributed by atoms with Gasteiger partial charge in [-0.1, -0.05) is 0 Å². The second-order valence-electron chi connectivity index (χ2n) is 2.69. The smallest absolute Gasteiger partial charge is 0.377 e. The zero-order valence-corrected chi connectivity index (χ0v) is 10.7. The quantitative estimate of drug-likeness (QED) is 0.365. The Balaban J connectivity index is 3.67. The molecule has 0 bridgehead atoms. The fourth-order valence-corrected chi connectivity index (χ4v) is 3.35. The minimum atomic E-state index is -2.37. The van der Waals surface area contributed by atoms with Crippen molar-refractivity contribution in [2.24, 2.45) is 0 Å². The Bertz CT molecular complexity index is 174. The molecule has 0 aliphatic heterocycles. The molecule has 6 heteroatoms. The molecule has 0 aliphatic rings. The highest BCUT2D eigenvalue weighted by atomic mass is 32.2. The number of hydrogen-bond donors (Lipinski definition) is 0. The topological polar surface area (TPSA) is 51.5 Å². The lowest BCUT2D eigenvalue weighted by Gasteiger charge is -2.24. The van der Waals surface area contributed by atoms with Crippen molar-refractivity contribution in [3.63, 3.8) is 0 Å². The van der Waals surface area contributed by atoms with Crippen LogP contribution >= 0.6 is 11.8 Å². The fourth-order valence-electron chi connectivity index (χ4n) is 1.12. The van der Waals surface area contributed by atoms with Gasteiger partial charge in [0.25, 0.3) is 0 Å². The Morgan fingerprint density at radius 2 is 1.71 bits per heavy atom. The molecule has 4 nitrogen and oxygen atoms in total. The largest absolute Gasteiger partial charge is 0.500 e. The molecule has 0 unspecified atom stereocenters. The first-order valence-corrected chi connectivity index (χ1v) is 7.32. The number of thiocyanates is 1. The van der Waals surface area contributed by atoms with Crippen molar-refractivity contribution < 1.29 is 13.3 Å². The van der Waals surface area contributed by atoms with Crippen LogP contribution in [0.4, 0.5) is 0 Å². The first-order valence-electron chi connectivity index (χ1n) is 4.41. The van der Waals surface area contributed by atoms with Gasteiger partial charge in [0.15, 0.2) is 0 Å². The summed E-state index contributed by atoms with van der Waals surface area (Å²) in [7, 11) is 2.47. The van der Waals surface area contributed by atoms with E-state index in [1.54, 1.807) is 21.3 Å². The van der Waals surface area contributed by atoms with E-state index >= 15 is 0 Å². The molecule has 0 aromatic carbocycles. The predicted octanol–water partition coefficient (Wildman–Crippen LogP) is 1.86. The molecule has 82 valence electrons. The maximum Gasteiger partial charge on any atom is 0.500 e. The number of rotatable bonds is 8. The van der Waals surface area contributed by atoms with Crippen LogP contribution in [0.5, 0.6) is 0 Å². The minimum absolute atomic E-state index is 0.808. The van der Waals surface area contributed by atoms with Gasteiger partial charge in [0.1, 0.15) is 5.40 Å². The third-order valence-corrected chi connectivity index (χ3v) is 5.43. The number of unbranched alkanes of at least 4 members (excludes halogenated alkanes) is 1. The normalized spacial score (nSPS) is 11.3. The van der Waals surface area contributed by atoms with Crippen molar-refractivity contribution in [3.05, 3.63) is 0 Å². The highest BCUT2D eigenvalue weighted by Crippen LogP contribution is 2.17. The van der Waals surface area contributed by atoms with Gasteiger partial charge in [-0.15, -0.1) is 0 Å². The molecule has 0 aliphatic carbocycles. The molecular formula is C8H17NO3SSi. The molecule has 0 heterocycles. The highest BCUT2D eigenvalue weighted by Gasteiger charge is 2.36. The summed E-state index contributed by atoms with van der Waals surface area (Å²) >= 11 is 1.28. The monoisotopic (exact) mass is 235 g/mol. The van der Waals surface area contributed by atoms with E-state index in [-0.39, 0.29) is 0 Å². The van der Waals surface area contributed by atoms with Crippen LogP contribution in [0.15, 0.2) is 0 Å². The van der Waals surface area contributed by atoms with Gasteiger partial charge in [-0.05, 0) is 24.6 Å². The van der Waals surface area contributed by atoms with Crippen LogP contribution < -0.4 is 0 Å². The Kier molecular flexibility index (Phi) is 8.22. The van der Waals surface area contributed by atoms with Gasteiger partial charge in [0, 0.05) is 33.1 Å². The van der Waals surface area contributed by atoms with Crippen molar-refractivity contribution in [2.45, 2.75) is 18.9 Å². The summed E-state index contributed by atoms with van der Waals surface area (Å²) in [6.07, 6.45) is 1.96. The summed E-state index contributed by atoms with van der Waals surface area (Å²) in [6.45, 7) is 0. The summed E-state index contributed by atoms with van der Waals surface area (Å²) in [5, 5.41) is 10.4. The minimum Gasteiger partial charge on any atom is -0.377 e. The van der Waals surface area contributed by atoms with Gasteiger partial charge in [-0.3, -0.25) is 0 Å². The molecule has 0 spiro atoms. The summed E-state index contributed by atoms with van der Waals surface area (Å²) in [6, 6.07) is 0.808.